The van der Waals surface area contributed by atoms with Crippen LogP contribution in [0.4, 0.5) is 11.8 Å². The summed E-state index contributed by atoms with van der Waals surface area (Å²) in [5, 5.41) is 11.1. The fraction of sp³-hybridized carbons (Fsp3) is 0.214. The summed E-state index contributed by atoms with van der Waals surface area (Å²) in [6.07, 6.45) is 3.37. The molecule has 98 valence electrons. The van der Waals surface area contributed by atoms with Gasteiger partial charge in [0.25, 0.3) is 0 Å². The zero-order chi connectivity index (χ0) is 13.5. The minimum absolute atomic E-state index is 0.595. The molecule has 19 heavy (non-hydrogen) atoms. The van der Waals surface area contributed by atoms with Crippen LogP contribution in [0.5, 0.6) is 0 Å². The van der Waals surface area contributed by atoms with Gasteiger partial charge >= 0.3 is 0 Å². The molecule has 0 spiro atoms. The summed E-state index contributed by atoms with van der Waals surface area (Å²) >= 11 is 0. The molecule has 0 aliphatic rings. The molecule has 2 rings (SSSR count). The largest absolute Gasteiger partial charge is 0.365 e. The summed E-state index contributed by atoms with van der Waals surface area (Å²) in [6, 6.07) is 10.2. The molecular formula is C14H17N5. The van der Waals surface area contributed by atoms with E-state index in [9.17, 15) is 0 Å². The number of rotatable bonds is 6. The zero-order valence-corrected chi connectivity index (χ0v) is 11.0. The molecular weight excluding hydrogens is 238 g/mol. The number of nitrogens with one attached hydrogen (secondary N) is 1. The van der Waals surface area contributed by atoms with Gasteiger partial charge in [-0.2, -0.15) is 10.1 Å². The lowest BCUT2D eigenvalue weighted by Gasteiger charge is -2.16. The Morgan fingerprint density at radius 2 is 2.11 bits per heavy atom. The first-order chi connectivity index (χ1) is 9.29. The van der Waals surface area contributed by atoms with Crippen LogP contribution in [0, 0.1) is 0 Å². The topological polar surface area (TPSA) is 53.9 Å². The Hall–Kier alpha value is -2.43. The first-order valence-electron chi connectivity index (χ1n) is 6.09. The second-order valence-electron chi connectivity index (χ2n) is 4.15. The maximum Gasteiger partial charge on any atom is 0.247 e. The van der Waals surface area contributed by atoms with E-state index in [0.717, 1.165) is 6.54 Å². The van der Waals surface area contributed by atoms with Crippen LogP contribution in [0.1, 0.15) is 5.56 Å². The van der Waals surface area contributed by atoms with Crippen molar-refractivity contribution in [2.75, 3.05) is 23.8 Å². The van der Waals surface area contributed by atoms with Crippen LogP contribution in [0.25, 0.3) is 0 Å². The zero-order valence-electron chi connectivity index (χ0n) is 11.0. The maximum absolute atomic E-state index is 4.40. The lowest BCUT2D eigenvalue weighted by Crippen LogP contribution is -2.20. The molecule has 5 nitrogen and oxygen atoms in total. The molecule has 0 aliphatic heterocycles. The van der Waals surface area contributed by atoms with Crippen LogP contribution in [0.2, 0.25) is 0 Å². The van der Waals surface area contributed by atoms with E-state index < -0.39 is 0 Å². The van der Waals surface area contributed by atoms with Crippen molar-refractivity contribution in [2.24, 2.45) is 0 Å². The lowest BCUT2D eigenvalue weighted by atomic mass is 10.2. The molecule has 0 amide bonds. The Kier molecular flexibility index (Phi) is 4.44. The van der Waals surface area contributed by atoms with Crippen molar-refractivity contribution in [1.29, 1.82) is 0 Å². The van der Waals surface area contributed by atoms with Crippen molar-refractivity contribution in [3.8, 4) is 0 Å². The summed E-state index contributed by atoms with van der Waals surface area (Å²) in [6.45, 7) is 5.05. The van der Waals surface area contributed by atoms with Crippen molar-refractivity contribution in [2.45, 2.75) is 6.54 Å². The highest BCUT2D eigenvalue weighted by Crippen LogP contribution is 2.11. The number of aromatic nitrogens is 3. The monoisotopic (exact) mass is 255 g/mol. The third kappa shape index (κ3) is 3.77. The summed E-state index contributed by atoms with van der Waals surface area (Å²) in [5.41, 5.74) is 1.21. The van der Waals surface area contributed by atoms with E-state index in [1.54, 1.807) is 12.3 Å². The summed E-state index contributed by atoms with van der Waals surface area (Å²) in [4.78, 5) is 6.36. The number of hydrogen-bond acceptors (Lipinski definition) is 5. The third-order valence-electron chi connectivity index (χ3n) is 2.58. The average Bonchev–Trinajstić information content (AvgIpc) is 2.46. The van der Waals surface area contributed by atoms with Crippen LogP contribution in [0.3, 0.4) is 0 Å². The van der Waals surface area contributed by atoms with Gasteiger partial charge in [0.15, 0.2) is 5.82 Å². The summed E-state index contributed by atoms with van der Waals surface area (Å²) in [5.74, 6) is 1.29. The standard InChI is InChI=1S/C14H17N5/c1-3-9-15-13-10-16-18-14(17-13)19(2)11-12-7-5-4-6-8-12/h3-8,10H,1,9,11H2,2H3,(H,15,17,18). The molecule has 2 aromatic rings. The minimum atomic E-state index is 0.595. The normalized spacial score (nSPS) is 9.95. The van der Waals surface area contributed by atoms with Crippen LogP contribution in [-0.4, -0.2) is 28.8 Å². The first kappa shape index (κ1) is 13.0. The number of hydrogen-bond donors (Lipinski definition) is 1. The van der Waals surface area contributed by atoms with Gasteiger partial charge in [0.2, 0.25) is 5.95 Å². The summed E-state index contributed by atoms with van der Waals surface area (Å²) in [7, 11) is 1.95. The van der Waals surface area contributed by atoms with E-state index in [-0.39, 0.29) is 0 Å². The molecule has 0 saturated carbocycles. The molecule has 5 heteroatoms. The van der Waals surface area contributed by atoms with Gasteiger partial charge in [0.1, 0.15) is 0 Å². The SMILES string of the molecule is C=CCNc1cnnc(N(C)Cc2ccccc2)n1. The van der Waals surface area contributed by atoms with Crippen LogP contribution in [-0.2, 0) is 6.54 Å². The molecule has 0 unspecified atom stereocenters. The van der Waals surface area contributed by atoms with Gasteiger partial charge in [-0.3, -0.25) is 0 Å². The van der Waals surface area contributed by atoms with Gasteiger partial charge in [-0.15, -0.1) is 11.7 Å². The second-order valence-corrected chi connectivity index (χ2v) is 4.15. The van der Waals surface area contributed by atoms with E-state index in [1.807, 2.05) is 30.1 Å². The Morgan fingerprint density at radius 1 is 1.32 bits per heavy atom. The van der Waals surface area contributed by atoms with Crippen LogP contribution >= 0.6 is 0 Å². The number of anilines is 2. The van der Waals surface area contributed by atoms with Crippen LogP contribution in [0.15, 0.2) is 49.2 Å². The molecule has 0 atom stereocenters. The van der Waals surface area contributed by atoms with E-state index in [1.165, 1.54) is 5.56 Å². The van der Waals surface area contributed by atoms with Gasteiger partial charge in [0.05, 0.1) is 6.20 Å². The minimum Gasteiger partial charge on any atom is -0.365 e. The van der Waals surface area contributed by atoms with Crippen molar-refractivity contribution in [3.63, 3.8) is 0 Å². The van der Waals surface area contributed by atoms with Crippen LogP contribution < -0.4 is 10.2 Å². The highest BCUT2D eigenvalue weighted by atomic mass is 15.3. The molecule has 0 bridgehead atoms. The fourth-order valence-corrected chi connectivity index (χ4v) is 1.65. The third-order valence-corrected chi connectivity index (χ3v) is 2.58. The van der Waals surface area contributed by atoms with E-state index in [0.29, 0.717) is 18.3 Å². The molecule has 0 saturated heterocycles. The van der Waals surface area contributed by atoms with Gasteiger partial charge in [-0.1, -0.05) is 36.4 Å². The molecule has 1 N–H and O–H groups in total. The van der Waals surface area contributed by atoms with E-state index in [2.05, 4.69) is 39.2 Å². The van der Waals surface area contributed by atoms with Crippen molar-refractivity contribution >= 4 is 11.8 Å². The predicted octanol–water partition coefficient (Wildman–Crippen LogP) is 2.11. The van der Waals surface area contributed by atoms with Crippen molar-refractivity contribution in [3.05, 3.63) is 54.7 Å². The predicted molar refractivity (Wildman–Crippen MR) is 77.1 cm³/mol. The molecule has 1 heterocycles. The van der Waals surface area contributed by atoms with Crippen molar-refractivity contribution < 1.29 is 0 Å². The van der Waals surface area contributed by atoms with Gasteiger partial charge in [0, 0.05) is 20.1 Å². The quantitative estimate of drug-likeness (QED) is 0.801. The van der Waals surface area contributed by atoms with Gasteiger partial charge < -0.3 is 10.2 Å². The molecule has 1 aromatic heterocycles. The molecule has 0 aliphatic carbocycles. The number of benzene rings is 1. The Bertz CT molecular complexity index is 526. The summed E-state index contributed by atoms with van der Waals surface area (Å²) < 4.78 is 0. The number of nitrogens with zero attached hydrogens (tertiary/aromatic N) is 4. The average molecular weight is 255 g/mol. The van der Waals surface area contributed by atoms with Crippen molar-refractivity contribution in [1.82, 2.24) is 15.2 Å². The maximum atomic E-state index is 4.40. The molecule has 0 radical (unpaired) electrons. The Labute approximate surface area is 113 Å². The van der Waals surface area contributed by atoms with E-state index in [4.69, 9.17) is 0 Å². The second kappa shape index (κ2) is 6.49. The Balaban J connectivity index is 2.06. The highest BCUT2D eigenvalue weighted by Gasteiger charge is 2.06. The molecule has 1 aromatic carbocycles. The molecule has 0 fully saturated rings. The Morgan fingerprint density at radius 3 is 2.84 bits per heavy atom. The first-order valence-corrected chi connectivity index (χ1v) is 6.09. The van der Waals surface area contributed by atoms with Gasteiger partial charge in [-0.05, 0) is 5.56 Å². The fourth-order valence-electron chi connectivity index (χ4n) is 1.65. The lowest BCUT2D eigenvalue weighted by molar-refractivity contribution is 0.830. The van der Waals surface area contributed by atoms with Gasteiger partial charge in [-0.25, -0.2) is 0 Å². The smallest absolute Gasteiger partial charge is 0.247 e. The van der Waals surface area contributed by atoms with E-state index >= 15 is 0 Å². The highest BCUT2D eigenvalue weighted by molar-refractivity contribution is 5.39.